The van der Waals surface area contributed by atoms with Crippen LogP contribution in [-0.2, 0) is 0 Å². The first-order valence-electron chi connectivity index (χ1n) is 6.59. The molecule has 5 nitrogen and oxygen atoms in total. The molecule has 0 saturated carbocycles. The number of hydrogen-bond donors (Lipinski definition) is 1. The molecule has 0 aliphatic carbocycles. The van der Waals surface area contributed by atoms with Gasteiger partial charge in [-0.3, -0.25) is 0 Å². The molecule has 1 aromatic carbocycles. The van der Waals surface area contributed by atoms with Gasteiger partial charge in [0.2, 0.25) is 0 Å². The number of H-pyrrole nitrogens is 1. The second-order valence-corrected chi connectivity index (χ2v) is 5.16. The lowest BCUT2D eigenvalue weighted by Gasteiger charge is -2.18. The zero-order valence-corrected chi connectivity index (χ0v) is 11.6. The van der Waals surface area contributed by atoms with Gasteiger partial charge >= 0.3 is 6.03 Å². The number of nitrogens with one attached hydrogen (secondary N) is 1. The van der Waals surface area contributed by atoms with Gasteiger partial charge in [-0.15, -0.1) is 0 Å². The number of nitrogens with zero attached hydrogens (tertiary/aromatic N) is 3. The highest BCUT2D eigenvalue weighted by atomic mass is 16.2. The number of carbonyl (C=O) groups is 1. The van der Waals surface area contributed by atoms with Crippen molar-refractivity contribution in [3.63, 3.8) is 0 Å². The summed E-state index contributed by atoms with van der Waals surface area (Å²) < 4.78 is 0. The molecule has 1 aliphatic heterocycles. The van der Waals surface area contributed by atoms with Gasteiger partial charge in [0.15, 0.2) is 0 Å². The number of amides is 2. The minimum absolute atomic E-state index is 0.00741. The van der Waals surface area contributed by atoms with Gasteiger partial charge in [-0.05, 0) is 13.0 Å². The van der Waals surface area contributed by atoms with Crippen molar-refractivity contribution in [1.29, 1.82) is 5.26 Å². The quantitative estimate of drug-likeness (QED) is 0.850. The third kappa shape index (κ3) is 1.73. The molecule has 1 unspecified atom stereocenters. The summed E-state index contributed by atoms with van der Waals surface area (Å²) >= 11 is 0. The number of aryl methyl sites for hydroxylation is 1. The van der Waals surface area contributed by atoms with Crippen LogP contribution in [0.4, 0.5) is 4.79 Å². The molecule has 1 fully saturated rings. The van der Waals surface area contributed by atoms with Crippen LogP contribution in [0.1, 0.15) is 17.3 Å². The lowest BCUT2D eigenvalue weighted by Crippen LogP contribution is -2.29. The normalized spacial score (nSPS) is 18.9. The van der Waals surface area contributed by atoms with Crippen molar-refractivity contribution in [2.75, 3.05) is 20.1 Å². The monoisotopic (exact) mass is 268 g/mol. The number of likely N-dealkylation sites (N-methyl/N-ethyl adjacent to an activating group) is 1. The first kappa shape index (κ1) is 12.5. The molecule has 1 N–H and O–H groups in total. The van der Waals surface area contributed by atoms with Gasteiger partial charge in [-0.25, -0.2) is 4.79 Å². The summed E-state index contributed by atoms with van der Waals surface area (Å²) in [7, 11) is 1.80. The lowest BCUT2D eigenvalue weighted by molar-refractivity contribution is 0.199. The van der Waals surface area contributed by atoms with Crippen LogP contribution < -0.4 is 0 Å². The number of aromatic nitrogens is 1. The number of aromatic amines is 1. The number of fused-ring (bicyclic) bond motifs is 1. The van der Waals surface area contributed by atoms with Crippen LogP contribution in [-0.4, -0.2) is 41.0 Å². The van der Waals surface area contributed by atoms with E-state index in [1.807, 2.05) is 31.2 Å². The van der Waals surface area contributed by atoms with Crippen molar-refractivity contribution in [3.8, 4) is 6.07 Å². The molecule has 1 aromatic heterocycles. The maximum Gasteiger partial charge on any atom is 0.321 e. The fourth-order valence-corrected chi connectivity index (χ4v) is 3.00. The minimum atomic E-state index is -0.0822. The summed E-state index contributed by atoms with van der Waals surface area (Å²) in [4.78, 5) is 18.8. The number of nitriles is 1. The number of rotatable bonds is 2. The Labute approximate surface area is 117 Å². The van der Waals surface area contributed by atoms with E-state index in [9.17, 15) is 4.79 Å². The van der Waals surface area contributed by atoms with Crippen LogP contribution in [0.2, 0.25) is 0 Å². The van der Waals surface area contributed by atoms with E-state index in [1.54, 1.807) is 16.8 Å². The number of para-hydroxylation sites is 1. The molecule has 5 heteroatoms. The average Bonchev–Trinajstić information content (AvgIpc) is 2.90. The first-order valence-corrected chi connectivity index (χ1v) is 6.59. The molecular weight excluding hydrogens is 252 g/mol. The fraction of sp³-hybridized carbons (Fsp3) is 0.333. The van der Waals surface area contributed by atoms with Crippen molar-refractivity contribution >= 4 is 16.9 Å². The molecule has 2 aromatic rings. The van der Waals surface area contributed by atoms with E-state index < -0.39 is 0 Å². The summed E-state index contributed by atoms with van der Waals surface area (Å²) in [6, 6.07) is 10.1. The van der Waals surface area contributed by atoms with E-state index >= 15 is 0 Å². The summed E-state index contributed by atoms with van der Waals surface area (Å²) in [6.07, 6.45) is 0. The zero-order chi connectivity index (χ0) is 14.3. The Morgan fingerprint density at radius 1 is 1.45 bits per heavy atom. The van der Waals surface area contributed by atoms with Gasteiger partial charge in [-0.1, -0.05) is 18.2 Å². The van der Waals surface area contributed by atoms with E-state index in [4.69, 9.17) is 5.26 Å². The fourth-order valence-electron chi connectivity index (χ4n) is 3.00. The highest BCUT2D eigenvalue weighted by Crippen LogP contribution is 2.35. The Balaban J connectivity index is 2.06. The Bertz CT molecular complexity index is 712. The van der Waals surface area contributed by atoms with Gasteiger partial charge in [0.1, 0.15) is 6.54 Å². The van der Waals surface area contributed by atoms with E-state index in [1.165, 1.54) is 0 Å². The Morgan fingerprint density at radius 2 is 2.20 bits per heavy atom. The Morgan fingerprint density at radius 3 is 2.95 bits per heavy atom. The van der Waals surface area contributed by atoms with Gasteiger partial charge in [0.25, 0.3) is 0 Å². The van der Waals surface area contributed by atoms with Crippen molar-refractivity contribution in [2.24, 2.45) is 0 Å². The van der Waals surface area contributed by atoms with E-state index in [0.29, 0.717) is 6.54 Å². The second-order valence-electron chi connectivity index (χ2n) is 5.16. The molecule has 0 spiro atoms. The predicted octanol–water partition coefficient (Wildman–Crippen LogP) is 2.41. The molecule has 1 aliphatic rings. The molecule has 1 atom stereocenters. The third-order valence-corrected chi connectivity index (χ3v) is 3.97. The zero-order valence-electron chi connectivity index (χ0n) is 11.6. The van der Waals surface area contributed by atoms with Crippen LogP contribution in [0.25, 0.3) is 10.9 Å². The predicted molar refractivity (Wildman–Crippen MR) is 76.1 cm³/mol. The van der Waals surface area contributed by atoms with Crippen molar-refractivity contribution in [3.05, 3.63) is 35.5 Å². The Kier molecular flexibility index (Phi) is 2.87. The average molecular weight is 268 g/mol. The topological polar surface area (TPSA) is 63.1 Å². The van der Waals surface area contributed by atoms with Gasteiger partial charge in [0.05, 0.1) is 12.1 Å². The van der Waals surface area contributed by atoms with Crippen LogP contribution in [0.5, 0.6) is 0 Å². The van der Waals surface area contributed by atoms with Gasteiger partial charge < -0.3 is 14.8 Å². The summed E-state index contributed by atoms with van der Waals surface area (Å²) in [5.41, 5.74) is 3.31. The molecule has 2 heterocycles. The molecule has 2 amide bonds. The van der Waals surface area contributed by atoms with Crippen molar-refractivity contribution in [2.45, 2.75) is 13.0 Å². The van der Waals surface area contributed by atoms with E-state index in [-0.39, 0.29) is 18.6 Å². The molecular formula is C15H16N4O. The van der Waals surface area contributed by atoms with E-state index in [2.05, 4.69) is 11.1 Å². The van der Waals surface area contributed by atoms with E-state index in [0.717, 1.165) is 22.2 Å². The standard InChI is InChI=1S/C15H16N4O/c1-10-14(11-5-3-4-6-12(11)17-10)13-9-19(8-7-16)15(20)18(13)2/h3-6,13,17H,8-9H2,1-2H3. The van der Waals surface area contributed by atoms with Gasteiger partial charge in [0, 0.05) is 35.8 Å². The maximum atomic E-state index is 12.1. The molecule has 3 rings (SSSR count). The smallest absolute Gasteiger partial charge is 0.321 e. The minimum Gasteiger partial charge on any atom is -0.358 e. The van der Waals surface area contributed by atoms with Crippen molar-refractivity contribution < 1.29 is 4.79 Å². The first-order chi connectivity index (χ1) is 9.63. The van der Waals surface area contributed by atoms with Crippen LogP contribution >= 0.6 is 0 Å². The number of benzene rings is 1. The number of carbonyl (C=O) groups excluding carboxylic acids is 1. The van der Waals surface area contributed by atoms with Gasteiger partial charge in [-0.2, -0.15) is 5.26 Å². The largest absolute Gasteiger partial charge is 0.358 e. The number of hydrogen-bond acceptors (Lipinski definition) is 2. The van der Waals surface area contributed by atoms with Crippen LogP contribution in [0.15, 0.2) is 24.3 Å². The highest BCUT2D eigenvalue weighted by Gasteiger charge is 2.37. The molecule has 0 bridgehead atoms. The second kappa shape index (κ2) is 4.57. The highest BCUT2D eigenvalue weighted by molar-refractivity contribution is 5.87. The molecule has 20 heavy (non-hydrogen) atoms. The molecule has 102 valence electrons. The SMILES string of the molecule is Cc1[nH]c2ccccc2c1C1CN(CC#N)C(=O)N1C. The Hall–Kier alpha value is -2.48. The molecule has 1 saturated heterocycles. The lowest BCUT2D eigenvalue weighted by atomic mass is 10.0. The third-order valence-electron chi connectivity index (χ3n) is 3.97. The molecule has 0 radical (unpaired) electrons. The van der Waals surface area contributed by atoms with Crippen LogP contribution in [0, 0.1) is 18.3 Å². The summed E-state index contributed by atoms with van der Waals surface area (Å²) in [5, 5.41) is 9.95. The summed E-state index contributed by atoms with van der Waals surface area (Å²) in [5.74, 6) is 0. The van der Waals surface area contributed by atoms with Crippen LogP contribution in [0.3, 0.4) is 0 Å². The maximum absolute atomic E-state index is 12.1. The summed E-state index contributed by atoms with van der Waals surface area (Å²) in [6.45, 7) is 2.73. The van der Waals surface area contributed by atoms with Crippen molar-refractivity contribution in [1.82, 2.24) is 14.8 Å². The number of urea groups is 1.